The maximum absolute atomic E-state index is 13.9. The van der Waals surface area contributed by atoms with E-state index in [1.165, 1.54) is 10.7 Å². The largest absolute Gasteiger partial charge is 0.390 e. The molecule has 1 aliphatic heterocycles. The summed E-state index contributed by atoms with van der Waals surface area (Å²) < 4.78 is 20.9. The molecule has 2 aromatic heterocycles. The van der Waals surface area contributed by atoms with Gasteiger partial charge in [0.05, 0.1) is 18.5 Å². The number of halogens is 2. The van der Waals surface area contributed by atoms with E-state index in [4.69, 9.17) is 21.2 Å². The van der Waals surface area contributed by atoms with Gasteiger partial charge >= 0.3 is 0 Å². The lowest BCUT2D eigenvalue weighted by Gasteiger charge is -2.39. The highest BCUT2D eigenvalue weighted by molar-refractivity contribution is 6.33. The van der Waals surface area contributed by atoms with E-state index in [9.17, 15) is 9.18 Å². The molecule has 202 valence electrons. The summed E-state index contributed by atoms with van der Waals surface area (Å²) in [5.41, 5.74) is 0.218. The molecule has 1 atom stereocenters. The van der Waals surface area contributed by atoms with Gasteiger partial charge in [0, 0.05) is 24.4 Å². The van der Waals surface area contributed by atoms with Crippen LogP contribution in [0.5, 0.6) is 0 Å². The second kappa shape index (κ2) is 11.5. The molecule has 8 nitrogen and oxygen atoms in total. The van der Waals surface area contributed by atoms with Gasteiger partial charge in [-0.2, -0.15) is 9.49 Å². The summed E-state index contributed by atoms with van der Waals surface area (Å²) in [5, 5.41) is 12.6. The fourth-order valence-corrected chi connectivity index (χ4v) is 5.31. The van der Waals surface area contributed by atoms with Crippen LogP contribution in [0.2, 0.25) is 5.02 Å². The first kappa shape index (κ1) is 27.5. The fourth-order valence-electron chi connectivity index (χ4n) is 5.12. The third kappa shape index (κ3) is 6.32. The summed E-state index contributed by atoms with van der Waals surface area (Å²) in [6.07, 6.45) is 7.71. The standard InChI is InChI=1S/C27H37ClFN5O3/c1-18-20(10-11-22(29)32-18)24(33-37-26(2,3)4)27(12-6-5-7-13-27)34-25(35)23(28)21(16-31-34)30-15-19-9-8-14-36-17-19/h10-11,16,19,30H,5-9,12-15,17H2,1-4H3/b33-24-. The Balaban J connectivity index is 1.78. The molecular weight excluding hydrogens is 497 g/mol. The third-order valence-corrected chi connectivity index (χ3v) is 7.36. The van der Waals surface area contributed by atoms with Gasteiger partial charge in [-0.1, -0.05) is 36.0 Å². The lowest BCUT2D eigenvalue weighted by molar-refractivity contribution is -0.00133. The summed E-state index contributed by atoms with van der Waals surface area (Å²) in [4.78, 5) is 23.7. The summed E-state index contributed by atoms with van der Waals surface area (Å²) in [6, 6.07) is 2.95. The average molecular weight is 534 g/mol. The highest BCUT2D eigenvalue weighted by Gasteiger charge is 2.44. The Bertz CT molecular complexity index is 1180. The minimum absolute atomic E-state index is 0.0849. The summed E-state index contributed by atoms with van der Waals surface area (Å²) >= 11 is 6.65. The van der Waals surface area contributed by atoms with E-state index in [0.29, 0.717) is 54.6 Å². The van der Waals surface area contributed by atoms with Gasteiger partial charge in [0.25, 0.3) is 5.56 Å². The van der Waals surface area contributed by atoms with E-state index in [1.54, 1.807) is 19.2 Å². The van der Waals surface area contributed by atoms with Crippen LogP contribution in [0.15, 0.2) is 28.3 Å². The second-order valence-electron chi connectivity index (χ2n) is 11.1. The number of ether oxygens (including phenoxy) is 1. The quantitative estimate of drug-likeness (QED) is 0.289. The van der Waals surface area contributed by atoms with Crippen LogP contribution >= 0.6 is 11.6 Å². The normalized spacial score (nSPS) is 20.5. The first-order valence-electron chi connectivity index (χ1n) is 13.1. The first-order chi connectivity index (χ1) is 17.6. The molecule has 1 unspecified atom stereocenters. The van der Waals surface area contributed by atoms with Crippen LogP contribution in [0.25, 0.3) is 0 Å². The molecule has 37 heavy (non-hydrogen) atoms. The lowest BCUT2D eigenvalue weighted by Crippen LogP contribution is -2.51. The van der Waals surface area contributed by atoms with Crippen molar-refractivity contribution in [2.24, 2.45) is 11.1 Å². The number of nitrogens with zero attached hydrogens (tertiary/aromatic N) is 4. The lowest BCUT2D eigenvalue weighted by atomic mass is 9.75. The minimum atomic E-state index is -0.912. The van der Waals surface area contributed by atoms with Crippen molar-refractivity contribution in [3.63, 3.8) is 0 Å². The maximum Gasteiger partial charge on any atom is 0.288 e. The molecule has 0 spiro atoms. The van der Waals surface area contributed by atoms with Gasteiger partial charge in [0.2, 0.25) is 5.95 Å². The molecule has 1 N–H and O–H groups in total. The van der Waals surface area contributed by atoms with Crippen LogP contribution in [0.3, 0.4) is 0 Å². The Hall–Kier alpha value is -2.52. The van der Waals surface area contributed by atoms with E-state index in [-0.39, 0.29) is 5.02 Å². The van der Waals surface area contributed by atoms with E-state index < -0.39 is 22.6 Å². The molecule has 1 saturated heterocycles. The monoisotopic (exact) mass is 533 g/mol. The Labute approximate surface area is 222 Å². The number of pyridine rings is 1. The number of rotatable bonds is 7. The Morgan fingerprint density at radius 3 is 2.70 bits per heavy atom. The molecule has 1 aliphatic carbocycles. The molecule has 2 aromatic rings. The predicted octanol–water partition coefficient (Wildman–Crippen LogP) is 5.46. The Morgan fingerprint density at radius 2 is 2.05 bits per heavy atom. The van der Waals surface area contributed by atoms with Crippen molar-refractivity contribution in [3.8, 4) is 0 Å². The number of anilines is 1. The number of aromatic nitrogens is 3. The van der Waals surface area contributed by atoms with Crippen molar-refractivity contribution >= 4 is 23.0 Å². The highest BCUT2D eigenvalue weighted by atomic mass is 35.5. The number of hydrogen-bond acceptors (Lipinski definition) is 7. The van der Waals surface area contributed by atoms with E-state index in [2.05, 4.69) is 20.6 Å². The van der Waals surface area contributed by atoms with Crippen LogP contribution in [-0.4, -0.2) is 45.8 Å². The van der Waals surface area contributed by atoms with Crippen molar-refractivity contribution in [2.75, 3.05) is 25.1 Å². The smallest absolute Gasteiger partial charge is 0.288 e. The molecule has 1 saturated carbocycles. The summed E-state index contributed by atoms with van der Waals surface area (Å²) in [6.45, 7) is 9.57. The number of aryl methyl sites for hydroxylation is 1. The minimum Gasteiger partial charge on any atom is -0.390 e. The SMILES string of the molecule is Cc1nc(F)ccc1/C(=N/OC(C)(C)C)C1(n2ncc(NCC3CCCOC3)c(Cl)c2=O)CCCCC1. The van der Waals surface area contributed by atoms with Crippen molar-refractivity contribution < 1.29 is 14.0 Å². The van der Waals surface area contributed by atoms with Gasteiger partial charge in [-0.15, -0.1) is 0 Å². The summed E-state index contributed by atoms with van der Waals surface area (Å²) in [5.74, 6) is -0.216. The molecule has 0 aromatic carbocycles. The summed E-state index contributed by atoms with van der Waals surface area (Å²) in [7, 11) is 0. The van der Waals surface area contributed by atoms with E-state index in [1.807, 2.05) is 20.8 Å². The average Bonchev–Trinajstić information content (AvgIpc) is 2.86. The fraction of sp³-hybridized carbons (Fsp3) is 0.630. The molecular formula is C27H37ClFN5O3. The maximum atomic E-state index is 13.9. The van der Waals surface area contributed by atoms with Crippen molar-refractivity contribution in [1.82, 2.24) is 14.8 Å². The highest BCUT2D eigenvalue weighted by Crippen LogP contribution is 2.38. The van der Waals surface area contributed by atoms with E-state index in [0.717, 1.165) is 38.7 Å². The van der Waals surface area contributed by atoms with Gasteiger partial charge in [-0.25, -0.2) is 9.67 Å². The van der Waals surface area contributed by atoms with Gasteiger partial charge in [0.1, 0.15) is 21.9 Å². The molecule has 4 rings (SSSR count). The van der Waals surface area contributed by atoms with Crippen LogP contribution in [-0.2, 0) is 15.1 Å². The van der Waals surface area contributed by atoms with Crippen LogP contribution in [0, 0.1) is 18.8 Å². The molecule has 3 heterocycles. The first-order valence-corrected chi connectivity index (χ1v) is 13.5. The zero-order chi connectivity index (χ0) is 26.6. The number of nitrogens with one attached hydrogen (secondary N) is 1. The van der Waals surface area contributed by atoms with Gasteiger partial charge < -0.3 is 14.9 Å². The van der Waals surface area contributed by atoms with Crippen LogP contribution in [0.4, 0.5) is 10.1 Å². The molecule has 0 radical (unpaired) electrons. The predicted molar refractivity (Wildman–Crippen MR) is 143 cm³/mol. The van der Waals surface area contributed by atoms with Crippen molar-refractivity contribution in [2.45, 2.75) is 83.8 Å². The molecule has 10 heteroatoms. The zero-order valence-electron chi connectivity index (χ0n) is 22.1. The van der Waals surface area contributed by atoms with Crippen LogP contribution in [0.1, 0.15) is 77.0 Å². The Kier molecular flexibility index (Phi) is 8.53. The van der Waals surface area contributed by atoms with Gasteiger partial charge in [-0.05, 0) is 71.4 Å². The molecule has 2 fully saturated rings. The van der Waals surface area contributed by atoms with Crippen molar-refractivity contribution in [3.05, 3.63) is 50.9 Å². The van der Waals surface area contributed by atoms with E-state index >= 15 is 0 Å². The third-order valence-electron chi connectivity index (χ3n) is 7.00. The second-order valence-corrected chi connectivity index (χ2v) is 11.4. The molecule has 0 bridgehead atoms. The Morgan fingerprint density at radius 1 is 1.30 bits per heavy atom. The molecule has 0 amide bonds. The topological polar surface area (TPSA) is 90.6 Å². The van der Waals surface area contributed by atoms with Crippen LogP contribution < -0.4 is 10.9 Å². The van der Waals surface area contributed by atoms with Gasteiger partial charge in [-0.3, -0.25) is 4.79 Å². The molecule has 2 aliphatic rings. The number of oxime groups is 1. The zero-order valence-corrected chi connectivity index (χ0v) is 22.9. The van der Waals surface area contributed by atoms with Crippen molar-refractivity contribution in [1.29, 1.82) is 0 Å². The number of hydrogen-bond donors (Lipinski definition) is 1. The van der Waals surface area contributed by atoms with Gasteiger partial charge in [0.15, 0.2) is 0 Å².